The molecule has 4 aliphatic carbocycles. The molecule has 0 aliphatic heterocycles. The highest BCUT2D eigenvalue weighted by molar-refractivity contribution is 5.83. The first kappa shape index (κ1) is 28.8. The van der Waals surface area contributed by atoms with Gasteiger partial charge in [0.2, 0.25) is 5.91 Å². The predicted octanol–water partition coefficient (Wildman–Crippen LogP) is 2.67. The van der Waals surface area contributed by atoms with Crippen molar-refractivity contribution in [3.63, 3.8) is 0 Å². The Morgan fingerprint density at radius 1 is 1.03 bits per heavy atom. The van der Waals surface area contributed by atoms with Gasteiger partial charge in [-0.25, -0.2) is 4.79 Å². The molecule has 4 rings (SSSR count). The minimum Gasteiger partial charge on any atom is -0.480 e. The number of aliphatic hydroxyl groups excluding tert-OH is 3. The summed E-state index contributed by atoms with van der Waals surface area (Å²) in [5, 5.41) is 45.4. The van der Waals surface area contributed by atoms with Gasteiger partial charge in [0.1, 0.15) is 6.04 Å². The molecule has 12 atom stereocenters. The summed E-state index contributed by atoms with van der Waals surface area (Å²) in [4.78, 5) is 24.1. The number of carboxylic acid groups (broad SMARTS) is 1. The van der Waals surface area contributed by atoms with Gasteiger partial charge in [-0.3, -0.25) is 4.79 Å². The number of aliphatic carboxylic acids is 1. The van der Waals surface area contributed by atoms with E-state index in [0.29, 0.717) is 38.1 Å². The molecule has 0 aromatic rings. The lowest BCUT2D eigenvalue weighted by Gasteiger charge is -2.63. The van der Waals surface area contributed by atoms with Crippen LogP contribution in [0.1, 0.15) is 91.4 Å². The quantitative estimate of drug-likeness (QED) is 0.272. The molecule has 4 aliphatic rings. The van der Waals surface area contributed by atoms with E-state index in [1.54, 1.807) is 0 Å². The Labute approximate surface area is 221 Å². The van der Waals surface area contributed by atoms with Gasteiger partial charge in [0.05, 0.1) is 18.3 Å². The predicted molar refractivity (Wildman–Crippen MR) is 140 cm³/mol. The van der Waals surface area contributed by atoms with Gasteiger partial charge < -0.3 is 31.5 Å². The van der Waals surface area contributed by atoms with Crippen LogP contribution in [0.15, 0.2) is 0 Å². The third-order valence-corrected chi connectivity index (χ3v) is 11.7. The zero-order chi connectivity index (χ0) is 27.1. The molecule has 0 spiro atoms. The molecule has 8 heteroatoms. The highest BCUT2D eigenvalue weighted by Gasteiger charge is 2.65. The van der Waals surface area contributed by atoms with Crippen molar-refractivity contribution in [1.82, 2.24) is 5.32 Å². The van der Waals surface area contributed by atoms with Gasteiger partial charge in [0, 0.05) is 6.42 Å². The number of fused-ring (bicyclic) bond motifs is 5. The molecule has 37 heavy (non-hydrogen) atoms. The van der Waals surface area contributed by atoms with Gasteiger partial charge in [0.25, 0.3) is 0 Å². The maximum atomic E-state index is 12.6. The van der Waals surface area contributed by atoms with Gasteiger partial charge in [-0.2, -0.15) is 0 Å². The van der Waals surface area contributed by atoms with Crippen molar-refractivity contribution in [2.45, 2.75) is 116 Å². The van der Waals surface area contributed by atoms with Crippen LogP contribution in [-0.4, -0.2) is 63.2 Å². The van der Waals surface area contributed by atoms with E-state index in [0.717, 1.165) is 38.5 Å². The summed E-state index contributed by atoms with van der Waals surface area (Å²) >= 11 is 0. The van der Waals surface area contributed by atoms with E-state index in [1.807, 2.05) is 0 Å². The fraction of sp³-hybridized carbons (Fsp3) is 0.931. The molecular formula is C29H50N2O6. The minimum atomic E-state index is -1.03. The Morgan fingerprint density at radius 2 is 1.76 bits per heavy atom. The Kier molecular flexibility index (Phi) is 8.64. The Balaban J connectivity index is 1.43. The van der Waals surface area contributed by atoms with Crippen molar-refractivity contribution < 1.29 is 30.0 Å². The molecule has 12 unspecified atom stereocenters. The Morgan fingerprint density at radius 3 is 2.43 bits per heavy atom. The maximum Gasteiger partial charge on any atom is 0.326 e. The number of carboxylic acids is 1. The van der Waals surface area contributed by atoms with Crippen LogP contribution in [-0.2, 0) is 9.59 Å². The largest absolute Gasteiger partial charge is 0.480 e. The van der Waals surface area contributed by atoms with Gasteiger partial charge in [0.15, 0.2) is 0 Å². The summed E-state index contributed by atoms with van der Waals surface area (Å²) in [5.74, 6) is 0.157. The van der Waals surface area contributed by atoms with Crippen LogP contribution in [0.3, 0.4) is 0 Å². The second-order valence-corrected chi connectivity index (χ2v) is 13.4. The van der Waals surface area contributed by atoms with E-state index in [9.17, 15) is 30.0 Å². The third kappa shape index (κ3) is 5.20. The van der Waals surface area contributed by atoms with Crippen molar-refractivity contribution >= 4 is 11.9 Å². The van der Waals surface area contributed by atoms with Crippen LogP contribution in [0.25, 0.3) is 0 Å². The maximum absolute atomic E-state index is 12.6. The van der Waals surface area contributed by atoms with Crippen molar-refractivity contribution in [3.05, 3.63) is 0 Å². The average molecular weight is 523 g/mol. The number of hydrogen-bond donors (Lipinski definition) is 6. The van der Waals surface area contributed by atoms with Gasteiger partial charge in [-0.15, -0.1) is 0 Å². The van der Waals surface area contributed by atoms with Crippen LogP contribution >= 0.6 is 0 Å². The molecular weight excluding hydrogens is 472 g/mol. The second-order valence-electron chi connectivity index (χ2n) is 13.4. The molecule has 7 N–H and O–H groups in total. The summed E-state index contributed by atoms with van der Waals surface area (Å²) < 4.78 is 0. The molecule has 1 amide bonds. The first-order chi connectivity index (χ1) is 17.4. The number of aliphatic hydroxyl groups is 3. The minimum absolute atomic E-state index is 0.0534. The standard InChI is InChI=1S/C29H50N2O6/c1-16(6-9-25(35)31-22(27(36)37)5-4-12-30)19-7-8-20-26-21(15-24(34)29(19,20)3)28(2)11-10-18(32)13-17(28)14-23(26)33/h16-24,26,32-34H,4-15,30H2,1-3H3,(H,31,35)(H,36,37). The zero-order valence-corrected chi connectivity index (χ0v) is 22.9. The summed E-state index contributed by atoms with van der Waals surface area (Å²) in [5.41, 5.74) is 5.24. The molecule has 0 radical (unpaired) electrons. The summed E-state index contributed by atoms with van der Waals surface area (Å²) in [7, 11) is 0. The molecule has 0 heterocycles. The lowest BCUT2D eigenvalue weighted by Crippen LogP contribution is -2.62. The van der Waals surface area contributed by atoms with Crippen LogP contribution in [0.5, 0.6) is 0 Å². The number of hydrogen-bond acceptors (Lipinski definition) is 6. The molecule has 212 valence electrons. The normalized spacial score (nSPS) is 44.7. The lowest BCUT2D eigenvalue weighted by atomic mass is 9.43. The highest BCUT2D eigenvalue weighted by Crippen LogP contribution is 2.68. The number of amides is 1. The van der Waals surface area contributed by atoms with E-state index in [2.05, 4.69) is 26.1 Å². The van der Waals surface area contributed by atoms with E-state index < -0.39 is 24.2 Å². The zero-order valence-electron chi connectivity index (χ0n) is 22.9. The summed E-state index contributed by atoms with van der Waals surface area (Å²) in [6, 6.07) is -0.907. The fourth-order valence-electron chi connectivity index (χ4n) is 9.54. The van der Waals surface area contributed by atoms with Crippen LogP contribution in [0, 0.1) is 46.3 Å². The molecule has 0 aromatic heterocycles. The molecule has 0 aromatic carbocycles. The smallest absolute Gasteiger partial charge is 0.326 e. The van der Waals surface area contributed by atoms with E-state index in [1.165, 1.54) is 0 Å². The van der Waals surface area contributed by atoms with Crippen molar-refractivity contribution in [3.8, 4) is 0 Å². The van der Waals surface area contributed by atoms with Crippen molar-refractivity contribution in [1.29, 1.82) is 0 Å². The topological polar surface area (TPSA) is 153 Å². The molecule has 4 fully saturated rings. The monoisotopic (exact) mass is 522 g/mol. The lowest BCUT2D eigenvalue weighted by molar-refractivity contribution is -0.207. The van der Waals surface area contributed by atoms with Gasteiger partial charge in [-0.1, -0.05) is 20.8 Å². The molecule has 8 nitrogen and oxygen atoms in total. The van der Waals surface area contributed by atoms with Gasteiger partial charge >= 0.3 is 5.97 Å². The summed E-state index contributed by atoms with van der Waals surface area (Å²) in [6.07, 6.45) is 6.56. The molecule has 0 saturated heterocycles. The van der Waals surface area contributed by atoms with E-state index in [4.69, 9.17) is 5.73 Å². The van der Waals surface area contributed by atoms with E-state index >= 15 is 0 Å². The van der Waals surface area contributed by atoms with Crippen LogP contribution in [0.4, 0.5) is 0 Å². The van der Waals surface area contributed by atoms with Gasteiger partial charge in [-0.05, 0) is 117 Å². The number of rotatable bonds is 9. The Hall–Kier alpha value is -1.22. The third-order valence-electron chi connectivity index (χ3n) is 11.7. The highest BCUT2D eigenvalue weighted by atomic mass is 16.4. The number of carbonyl (C=O) groups is 2. The SMILES string of the molecule is CC(CCC(=O)NC(CCCN)C(=O)O)C1CCC2C3C(O)CC4CC(O)CCC4(C)C3CC(O)C12C. The van der Waals surface area contributed by atoms with E-state index in [-0.39, 0.29) is 58.9 Å². The number of nitrogens with one attached hydrogen (secondary N) is 1. The first-order valence-corrected chi connectivity index (χ1v) is 14.7. The summed E-state index contributed by atoms with van der Waals surface area (Å²) in [6.45, 7) is 7.10. The molecule has 4 saturated carbocycles. The van der Waals surface area contributed by atoms with Crippen molar-refractivity contribution in [2.75, 3.05) is 6.54 Å². The Bertz CT molecular complexity index is 839. The number of carbonyl (C=O) groups excluding carboxylic acids is 1. The fourth-order valence-corrected chi connectivity index (χ4v) is 9.54. The first-order valence-electron chi connectivity index (χ1n) is 14.7. The number of nitrogens with two attached hydrogens (primary N) is 1. The van der Waals surface area contributed by atoms with Crippen molar-refractivity contribution in [2.24, 2.45) is 52.1 Å². The second kappa shape index (κ2) is 11.1. The average Bonchev–Trinajstić information content (AvgIpc) is 3.20. The van der Waals surface area contributed by atoms with Crippen LogP contribution < -0.4 is 11.1 Å². The molecule has 0 bridgehead atoms. The van der Waals surface area contributed by atoms with Crippen LogP contribution in [0.2, 0.25) is 0 Å².